The third kappa shape index (κ3) is 3.98. The Balaban J connectivity index is 1.91. The predicted octanol–water partition coefficient (Wildman–Crippen LogP) is 2.43. The molecule has 1 aromatic carbocycles. The third-order valence-corrected chi connectivity index (χ3v) is 6.63. The minimum absolute atomic E-state index is 0.0354. The summed E-state index contributed by atoms with van der Waals surface area (Å²) in [5.41, 5.74) is 2.37. The average Bonchev–Trinajstić information content (AvgIpc) is 3.16. The molecule has 1 aromatic heterocycles. The molecule has 6 nitrogen and oxygen atoms in total. The van der Waals surface area contributed by atoms with Crippen molar-refractivity contribution in [3.8, 4) is 0 Å². The standard InChI is InChI=1S/C19H25N3O3S/c1-3-10-22-15(2)18(12-20-22)19(23)21(13-16-7-5-4-6-8-16)17-9-11-26(24,25)14-17/h4-8,12,17H,3,9-11,13-14H2,1-2H3. The van der Waals surface area contributed by atoms with Gasteiger partial charge < -0.3 is 4.90 Å². The molecule has 0 radical (unpaired) electrons. The molecule has 0 spiro atoms. The largest absolute Gasteiger partial charge is 0.330 e. The van der Waals surface area contributed by atoms with Crippen LogP contribution in [0, 0.1) is 6.92 Å². The maximum Gasteiger partial charge on any atom is 0.257 e. The zero-order valence-electron chi connectivity index (χ0n) is 15.3. The number of aromatic nitrogens is 2. The molecule has 0 aliphatic carbocycles. The smallest absolute Gasteiger partial charge is 0.257 e. The first-order valence-corrected chi connectivity index (χ1v) is 10.8. The van der Waals surface area contributed by atoms with Crippen molar-refractivity contribution in [2.45, 2.75) is 45.8 Å². The highest BCUT2D eigenvalue weighted by molar-refractivity contribution is 7.91. The number of aryl methyl sites for hydroxylation is 1. The first kappa shape index (κ1) is 18.6. The molecule has 2 aromatic rings. The van der Waals surface area contributed by atoms with Crippen LogP contribution in [-0.2, 0) is 22.9 Å². The number of sulfone groups is 1. The van der Waals surface area contributed by atoms with Gasteiger partial charge in [-0.1, -0.05) is 37.3 Å². The van der Waals surface area contributed by atoms with Gasteiger partial charge in [-0.3, -0.25) is 9.48 Å². The lowest BCUT2D eigenvalue weighted by molar-refractivity contribution is 0.0680. The monoisotopic (exact) mass is 375 g/mol. The SMILES string of the molecule is CCCn1ncc(C(=O)N(Cc2ccccc2)C2CCS(=O)(=O)C2)c1C. The van der Waals surface area contributed by atoms with Crippen molar-refractivity contribution in [3.05, 3.63) is 53.3 Å². The van der Waals surface area contributed by atoms with Crippen molar-refractivity contribution in [2.75, 3.05) is 11.5 Å². The summed E-state index contributed by atoms with van der Waals surface area (Å²) in [6.07, 6.45) is 3.03. The molecule has 1 atom stereocenters. The van der Waals surface area contributed by atoms with Gasteiger partial charge in [-0.2, -0.15) is 5.10 Å². The average molecular weight is 375 g/mol. The van der Waals surface area contributed by atoms with Gasteiger partial charge in [0.1, 0.15) is 0 Å². The summed E-state index contributed by atoms with van der Waals surface area (Å²) in [4.78, 5) is 15.0. The zero-order chi connectivity index (χ0) is 18.7. The van der Waals surface area contributed by atoms with E-state index in [1.807, 2.05) is 41.9 Å². The number of benzene rings is 1. The predicted molar refractivity (Wildman–Crippen MR) is 101 cm³/mol. The Morgan fingerprint density at radius 3 is 2.65 bits per heavy atom. The van der Waals surface area contributed by atoms with Gasteiger partial charge in [0.05, 0.1) is 23.3 Å². The van der Waals surface area contributed by atoms with Gasteiger partial charge in [-0.05, 0) is 25.3 Å². The Kier molecular flexibility index (Phi) is 5.46. The normalized spacial score (nSPS) is 18.8. The molecule has 140 valence electrons. The van der Waals surface area contributed by atoms with Gasteiger partial charge in [0.15, 0.2) is 9.84 Å². The van der Waals surface area contributed by atoms with Crippen molar-refractivity contribution in [2.24, 2.45) is 0 Å². The van der Waals surface area contributed by atoms with Crippen LogP contribution in [0.4, 0.5) is 0 Å². The van der Waals surface area contributed by atoms with E-state index in [9.17, 15) is 13.2 Å². The van der Waals surface area contributed by atoms with Crippen LogP contribution in [0.1, 0.15) is 41.4 Å². The fourth-order valence-corrected chi connectivity index (χ4v) is 5.15. The molecule has 3 rings (SSSR count). The van der Waals surface area contributed by atoms with Crippen molar-refractivity contribution in [1.82, 2.24) is 14.7 Å². The maximum atomic E-state index is 13.3. The fourth-order valence-electron chi connectivity index (χ4n) is 3.42. The van der Waals surface area contributed by atoms with Crippen LogP contribution in [0.15, 0.2) is 36.5 Å². The molecule has 1 amide bonds. The number of carbonyl (C=O) groups excluding carboxylic acids is 1. The van der Waals surface area contributed by atoms with E-state index in [1.165, 1.54) is 0 Å². The van der Waals surface area contributed by atoms with E-state index in [4.69, 9.17) is 0 Å². The van der Waals surface area contributed by atoms with Crippen LogP contribution in [0.5, 0.6) is 0 Å². The number of hydrogen-bond acceptors (Lipinski definition) is 4. The molecular weight excluding hydrogens is 350 g/mol. The van der Waals surface area contributed by atoms with Crippen LogP contribution in [0.2, 0.25) is 0 Å². The Morgan fingerprint density at radius 2 is 2.04 bits per heavy atom. The summed E-state index contributed by atoms with van der Waals surface area (Å²) >= 11 is 0. The van der Waals surface area contributed by atoms with E-state index in [2.05, 4.69) is 12.0 Å². The lowest BCUT2D eigenvalue weighted by Gasteiger charge is -2.28. The summed E-state index contributed by atoms with van der Waals surface area (Å²) < 4.78 is 25.8. The molecule has 0 saturated carbocycles. The summed E-state index contributed by atoms with van der Waals surface area (Å²) in [5.74, 6) is 0.0358. The number of rotatable bonds is 6. The second kappa shape index (κ2) is 7.61. The Morgan fingerprint density at radius 1 is 1.31 bits per heavy atom. The Hall–Kier alpha value is -2.15. The fraction of sp³-hybridized carbons (Fsp3) is 0.474. The van der Waals surface area contributed by atoms with Crippen LogP contribution < -0.4 is 0 Å². The molecule has 1 saturated heterocycles. The lowest BCUT2D eigenvalue weighted by Crippen LogP contribution is -2.40. The Labute approximate surface area is 154 Å². The first-order chi connectivity index (χ1) is 12.4. The second-order valence-corrected chi connectivity index (χ2v) is 9.07. The molecule has 7 heteroatoms. The van der Waals surface area contributed by atoms with Crippen LogP contribution >= 0.6 is 0 Å². The topological polar surface area (TPSA) is 72.3 Å². The second-order valence-electron chi connectivity index (χ2n) is 6.84. The van der Waals surface area contributed by atoms with Gasteiger partial charge in [0, 0.05) is 24.8 Å². The third-order valence-electron chi connectivity index (χ3n) is 4.87. The highest BCUT2D eigenvalue weighted by Gasteiger charge is 2.35. The van der Waals surface area contributed by atoms with Crippen molar-refractivity contribution < 1.29 is 13.2 Å². The minimum Gasteiger partial charge on any atom is -0.330 e. The molecule has 1 unspecified atom stereocenters. The number of hydrogen-bond donors (Lipinski definition) is 0. The lowest BCUT2D eigenvalue weighted by atomic mass is 10.1. The summed E-state index contributed by atoms with van der Waals surface area (Å²) in [6.45, 7) is 5.11. The van der Waals surface area contributed by atoms with E-state index in [0.29, 0.717) is 18.5 Å². The molecule has 2 heterocycles. The molecule has 26 heavy (non-hydrogen) atoms. The molecular formula is C19H25N3O3S. The van der Waals surface area contributed by atoms with Crippen molar-refractivity contribution >= 4 is 15.7 Å². The van der Waals surface area contributed by atoms with E-state index in [-0.39, 0.29) is 23.5 Å². The first-order valence-electron chi connectivity index (χ1n) is 8.99. The van der Waals surface area contributed by atoms with Gasteiger partial charge in [0.2, 0.25) is 0 Å². The molecule has 0 N–H and O–H groups in total. The molecule has 1 aliphatic rings. The van der Waals surface area contributed by atoms with Crippen LogP contribution in [0.25, 0.3) is 0 Å². The van der Waals surface area contributed by atoms with Gasteiger partial charge in [-0.15, -0.1) is 0 Å². The maximum absolute atomic E-state index is 13.3. The zero-order valence-corrected chi connectivity index (χ0v) is 16.1. The molecule has 1 aliphatic heterocycles. The van der Waals surface area contributed by atoms with E-state index in [0.717, 1.165) is 24.2 Å². The highest BCUT2D eigenvalue weighted by atomic mass is 32.2. The van der Waals surface area contributed by atoms with Gasteiger partial charge >= 0.3 is 0 Å². The number of carbonyl (C=O) groups is 1. The summed E-state index contributed by atoms with van der Waals surface area (Å²) in [5, 5.41) is 4.32. The highest BCUT2D eigenvalue weighted by Crippen LogP contribution is 2.23. The summed E-state index contributed by atoms with van der Waals surface area (Å²) in [7, 11) is -3.08. The van der Waals surface area contributed by atoms with Crippen LogP contribution in [-0.4, -0.2) is 46.6 Å². The molecule has 1 fully saturated rings. The summed E-state index contributed by atoms with van der Waals surface area (Å²) in [6, 6.07) is 9.39. The van der Waals surface area contributed by atoms with Crippen molar-refractivity contribution in [3.63, 3.8) is 0 Å². The van der Waals surface area contributed by atoms with E-state index < -0.39 is 9.84 Å². The van der Waals surface area contributed by atoms with Crippen molar-refractivity contribution in [1.29, 1.82) is 0 Å². The van der Waals surface area contributed by atoms with E-state index >= 15 is 0 Å². The van der Waals surface area contributed by atoms with Gasteiger partial charge in [0.25, 0.3) is 5.91 Å². The number of nitrogens with zero attached hydrogens (tertiary/aromatic N) is 3. The van der Waals surface area contributed by atoms with E-state index in [1.54, 1.807) is 11.1 Å². The van der Waals surface area contributed by atoms with Crippen LogP contribution in [0.3, 0.4) is 0 Å². The number of amides is 1. The Bertz CT molecular complexity index is 875. The molecule has 0 bridgehead atoms. The minimum atomic E-state index is -3.08. The quantitative estimate of drug-likeness (QED) is 0.777. The van der Waals surface area contributed by atoms with Gasteiger partial charge in [-0.25, -0.2) is 8.42 Å².